The maximum atomic E-state index is 5.96. The molecule has 1 heterocycles. The summed E-state index contributed by atoms with van der Waals surface area (Å²) >= 11 is 0. The van der Waals surface area contributed by atoms with Gasteiger partial charge < -0.3 is 15.0 Å². The van der Waals surface area contributed by atoms with Gasteiger partial charge in [0, 0.05) is 13.7 Å². The summed E-state index contributed by atoms with van der Waals surface area (Å²) in [5.74, 6) is 1.36. The molecule has 0 aromatic carbocycles. The van der Waals surface area contributed by atoms with Gasteiger partial charge >= 0.3 is 0 Å². The zero-order valence-electron chi connectivity index (χ0n) is 12.2. The van der Waals surface area contributed by atoms with Crippen molar-refractivity contribution in [3.8, 4) is 0 Å². The van der Waals surface area contributed by atoms with Gasteiger partial charge in [-0.1, -0.05) is 31.8 Å². The van der Waals surface area contributed by atoms with E-state index in [0.29, 0.717) is 18.3 Å². The molecular formula is C14H25N3O2. The molecule has 0 saturated heterocycles. The first-order valence-corrected chi connectivity index (χ1v) is 7.26. The lowest BCUT2D eigenvalue weighted by atomic mass is 9.86. The number of nitrogens with zero attached hydrogens (tertiary/aromatic N) is 2. The molecule has 5 heteroatoms. The van der Waals surface area contributed by atoms with E-state index in [4.69, 9.17) is 15.0 Å². The molecule has 2 rings (SSSR count). The quantitative estimate of drug-likeness (QED) is 0.857. The average molecular weight is 267 g/mol. The molecule has 2 N–H and O–H groups in total. The molecule has 1 aliphatic carbocycles. The van der Waals surface area contributed by atoms with Crippen molar-refractivity contribution in [3.05, 3.63) is 11.7 Å². The van der Waals surface area contributed by atoms with E-state index in [1.54, 1.807) is 7.11 Å². The molecule has 1 fully saturated rings. The van der Waals surface area contributed by atoms with Crippen molar-refractivity contribution < 1.29 is 9.26 Å². The van der Waals surface area contributed by atoms with E-state index in [0.717, 1.165) is 25.7 Å². The SMILES string of the molecule is CCC(CC)(OC)c1noc(C2(CN)CCCC2)n1. The van der Waals surface area contributed by atoms with Gasteiger partial charge in [0.2, 0.25) is 11.7 Å². The number of rotatable bonds is 6. The van der Waals surface area contributed by atoms with Gasteiger partial charge in [-0.25, -0.2) is 0 Å². The Bertz CT molecular complexity index is 375. The van der Waals surface area contributed by atoms with Crippen molar-refractivity contribution in [2.45, 2.75) is 63.4 Å². The molecule has 0 bridgehead atoms. The van der Waals surface area contributed by atoms with Crippen LogP contribution in [0.1, 0.15) is 64.1 Å². The van der Waals surface area contributed by atoms with Crippen molar-refractivity contribution >= 4 is 0 Å². The first-order chi connectivity index (χ1) is 9.16. The lowest BCUT2D eigenvalue weighted by molar-refractivity contribution is -0.0306. The Morgan fingerprint density at radius 3 is 2.42 bits per heavy atom. The summed E-state index contributed by atoms with van der Waals surface area (Å²) in [6, 6.07) is 0. The minimum absolute atomic E-state index is 0.105. The fourth-order valence-electron chi connectivity index (χ4n) is 3.13. The highest BCUT2D eigenvalue weighted by atomic mass is 16.5. The van der Waals surface area contributed by atoms with Gasteiger partial charge in [0.1, 0.15) is 5.60 Å². The van der Waals surface area contributed by atoms with Crippen LogP contribution >= 0.6 is 0 Å². The summed E-state index contributed by atoms with van der Waals surface area (Å²) in [4.78, 5) is 4.64. The Kier molecular flexibility index (Phi) is 4.26. The van der Waals surface area contributed by atoms with Crippen LogP contribution in [0.2, 0.25) is 0 Å². The van der Waals surface area contributed by atoms with Crippen LogP contribution in [0.4, 0.5) is 0 Å². The van der Waals surface area contributed by atoms with Gasteiger partial charge in [0.25, 0.3) is 0 Å². The number of nitrogens with two attached hydrogens (primary N) is 1. The zero-order valence-corrected chi connectivity index (χ0v) is 12.2. The molecule has 19 heavy (non-hydrogen) atoms. The molecule has 0 spiro atoms. The number of aromatic nitrogens is 2. The van der Waals surface area contributed by atoms with Crippen LogP contribution in [0, 0.1) is 0 Å². The number of hydrogen-bond acceptors (Lipinski definition) is 5. The van der Waals surface area contributed by atoms with Crippen LogP contribution in [0.15, 0.2) is 4.52 Å². The fourth-order valence-corrected chi connectivity index (χ4v) is 3.13. The summed E-state index contributed by atoms with van der Waals surface area (Å²) in [7, 11) is 1.71. The van der Waals surface area contributed by atoms with Gasteiger partial charge in [0.15, 0.2) is 0 Å². The van der Waals surface area contributed by atoms with Gasteiger partial charge in [0.05, 0.1) is 5.41 Å². The Hall–Kier alpha value is -0.940. The summed E-state index contributed by atoms with van der Waals surface area (Å²) in [5, 5.41) is 4.17. The summed E-state index contributed by atoms with van der Waals surface area (Å²) in [6.07, 6.45) is 6.12. The minimum Gasteiger partial charge on any atom is -0.370 e. The third kappa shape index (κ3) is 2.30. The van der Waals surface area contributed by atoms with Crippen LogP contribution in [0.3, 0.4) is 0 Å². The maximum Gasteiger partial charge on any atom is 0.234 e. The van der Waals surface area contributed by atoms with E-state index < -0.39 is 5.60 Å². The predicted octanol–water partition coefficient (Wildman–Crippen LogP) is 2.50. The molecule has 1 aromatic heterocycles. The topological polar surface area (TPSA) is 74.2 Å². The van der Waals surface area contributed by atoms with Crippen molar-refractivity contribution in [1.29, 1.82) is 0 Å². The van der Waals surface area contributed by atoms with Gasteiger partial charge in [-0.05, 0) is 25.7 Å². The van der Waals surface area contributed by atoms with E-state index in [2.05, 4.69) is 24.0 Å². The van der Waals surface area contributed by atoms with E-state index in [1.807, 2.05) is 0 Å². The van der Waals surface area contributed by atoms with Crippen LogP contribution in [0.5, 0.6) is 0 Å². The Morgan fingerprint density at radius 2 is 1.95 bits per heavy atom. The number of hydrogen-bond donors (Lipinski definition) is 1. The predicted molar refractivity (Wildman–Crippen MR) is 72.8 cm³/mol. The van der Waals surface area contributed by atoms with E-state index in [1.165, 1.54) is 12.8 Å². The minimum atomic E-state index is -0.434. The molecule has 1 saturated carbocycles. The fraction of sp³-hybridized carbons (Fsp3) is 0.857. The normalized spacial score (nSPS) is 18.9. The smallest absolute Gasteiger partial charge is 0.234 e. The largest absolute Gasteiger partial charge is 0.370 e. The lowest BCUT2D eigenvalue weighted by Gasteiger charge is -2.26. The second-order valence-corrected chi connectivity index (χ2v) is 5.52. The second kappa shape index (κ2) is 5.59. The monoisotopic (exact) mass is 267 g/mol. The Labute approximate surface area is 114 Å². The Balaban J connectivity index is 2.32. The molecule has 0 aliphatic heterocycles. The molecule has 0 atom stereocenters. The van der Waals surface area contributed by atoms with Gasteiger partial charge in [-0.15, -0.1) is 0 Å². The first kappa shape index (κ1) is 14.5. The average Bonchev–Trinajstić information content (AvgIpc) is 3.11. The van der Waals surface area contributed by atoms with E-state index in [-0.39, 0.29) is 5.41 Å². The van der Waals surface area contributed by atoms with Crippen molar-refractivity contribution in [3.63, 3.8) is 0 Å². The van der Waals surface area contributed by atoms with Crippen molar-refractivity contribution in [2.75, 3.05) is 13.7 Å². The summed E-state index contributed by atoms with van der Waals surface area (Å²) in [6.45, 7) is 4.74. The van der Waals surface area contributed by atoms with E-state index in [9.17, 15) is 0 Å². The zero-order chi connectivity index (χ0) is 13.9. The molecular weight excluding hydrogens is 242 g/mol. The third-order valence-corrected chi connectivity index (χ3v) is 4.77. The molecule has 108 valence electrons. The molecule has 0 radical (unpaired) electrons. The molecule has 0 amide bonds. The number of ether oxygens (including phenoxy) is 1. The third-order valence-electron chi connectivity index (χ3n) is 4.77. The highest BCUT2D eigenvalue weighted by molar-refractivity contribution is 5.11. The maximum absolute atomic E-state index is 5.96. The highest BCUT2D eigenvalue weighted by Crippen LogP contribution is 2.40. The van der Waals surface area contributed by atoms with Crippen LogP contribution in [-0.4, -0.2) is 23.8 Å². The van der Waals surface area contributed by atoms with E-state index >= 15 is 0 Å². The molecule has 5 nitrogen and oxygen atoms in total. The van der Waals surface area contributed by atoms with Crippen molar-refractivity contribution in [2.24, 2.45) is 5.73 Å². The Morgan fingerprint density at radius 1 is 1.32 bits per heavy atom. The summed E-state index contributed by atoms with van der Waals surface area (Å²) in [5.41, 5.74) is 5.42. The van der Waals surface area contributed by atoms with Crippen LogP contribution in [0.25, 0.3) is 0 Å². The lowest BCUT2D eigenvalue weighted by Crippen LogP contribution is -2.33. The van der Waals surface area contributed by atoms with Crippen molar-refractivity contribution in [1.82, 2.24) is 10.1 Å². The standard InChI is InChI=1S/C14H25N3O2/c1-4-14(5-2,18-3)11-16-12(19-17-11)13(10-15)8-6-7-9-13/h4-10,15H2,1-3H3. The first-order valence-electron chi connectivity index (χ1n) is 7.26. The molecule has 1 aromatic rings. The van der Waals surface area contributed by atoms with Crippen LogP contribution in [-0.2, 0) is 15.8 Å². The highest BCUT2D eigenvalue weighted by Gasteiger charge is 2.42. The van der Waals surface area contributed by atoms with Gasteiger partial charge in [-0.2, -0.15) is 4.98 Å². The summed E-state index contributed by atoms with van der Waals surface area (Å²) < 4.78 is 11.2. The molecule has 0 unspecified atom stereocenters. The molecule has 1 aliphatic rings. The second-order valence-electron chi connectivity index (χ2n) is 5.52. The van der Waals surface area contributed by atoms with Gasteiger partial charge in [-0.3, -0.25) is 0 Å². The van der Waals surface area contributed by atoms with Crippen LogP contribution < -0.4 is 5.73 Å². The number of methoxy groups -OCH3 is 1.